The van der Waals surface area contributed by atoms with Crippen LogP contribution >= 0.6 is 0 Å². The van der Waals surface area contributed by atoms with Gasteiger partial charge in [0.25, 0.3) is 5.91 Å². The van der Waals surface area contributed by atoms with Crippen molar-refractivity contribution in [2.75, 3.05) is 10.6 Å². The van der Waals surface area contributed by atoms with Crippen LogP contribution in [0.15, 0.2) is 42.7 Å². The molecule has 0 unspecified atom stereocenters. The summed E-state index contributed by atoms with van der Waals surface area (Å²) < 4.78 is 0. The maximum absolute atomic E-state index is 11.7. The third-order valence-electron chi connectivity index (χ3n) is 4.15. The number of amides is 2. The van der Waals surface area contributed by atoms with Crippen LogP contribution in [0.2, 0.25) is 0 Å². The molecule has 0 aliphatic heterocycles. The summed E-state index contributed by atoms with van der Waals surface area (Å²) in [6.45, 7) is 3.71. The number of nitrogens with one attached hydrogen (secondary N) is 2. The molecule has 0 spiro atoms. The number of carbonyl (C=O) groups is 2. The number of fused-ring (bicyclic) bond motifs is 1. The lowest BCUT2D eigenvalue weighted by Crippen LogP contribution is -2.39. The highest BCUT2D eigenvalue weighted by molar-refractivity contribution is 5.97. The van der Waals surface area contributed by atoms with Crippen molar-refractivity contribution in [1.29, 1.82) is 0 Å². The molecule has 0 radical (unpaired) electrons. The number of pyridine rings is 1. The summed E-state index contributed by atoms with van der Waals surface area (Å²) in [6.07, 6.45) is 3.05. The molecule has 9 heteroatoms. The molecule has 0 aliphatic rings. The number of primary amides is 2. The molecule has 1 aromatic carbocycles. The first-order valence-corrected chi connectivity index (χ1v) is 8.69. The SMILES string of the molecule is CC(C)[C@@H](Nc1cnc(C(N)=O)c(Nc2ccc3ncccc3c2)n1)C(N)=O. The quantitative estimate of drug-likeness (QED) is 0.489. The van der Waals surface area contributed by atoms with E-state index < -0.39 is 17.9 Å². The molecule has 2 amide bonds. The Morgan fingerprint density at radius 2 is 1.89 bits per heavy atom. The molecule has 0 fully saturated rings. The lowest BCUT2D eigenvalue weighted by molar-refractivity contribution is -0.119. The topological polar surface area (TPSA) is 149 Å². The van der Waals surface area contributed by atoms with Gasteiger partial charge in [0.05, 0.1) is 11.7 Å². The van der Waals surface area contributed by atoms with Crippen LogP contribution in [0.5, 0.6) is 0 Å². The zero-order valence-corrected chi connectivity index (χ0v) is 15.5. The molecule has 3 rings (SSSR count). The lowest BCUT2D eigenvalue weighted by Gasteiger charge is -2.20. The zero-order chi connectivity index (χ0) is 20.3. The van der Waals surface area contributed by atoms with Gasteiger partial charge in [-0.1, -0.05) is 19.9 Å². The highest BCUT2D eigenvalue weighted by Gasteiger charge is 2.21. The summed E-state index contributed by atoms with van der Waals surface area (Å²) in [6, 6.07) is 8.65. The summed E-state index contributed by atoms with van der Waals surface area (Å²) in [5.41, 5.74) is 12.4. The molecule has 9 nitrogen and oxygen atoms in total. The predicted octanol–water partition coefficient (Wildman–Crippen LogP) is 1.79. The van der Waals surface area contributed by atoms with Crippen LogP contribution in [0.1, 0.15) is 24.3 Å². The van der Waals surface area contributed by atoms with Gasteiger partial charge in [0, 0.05) is 17.3 Å². The van der Waals surface area contributed by atoms with Gasteiger partial charge in [0.2, 0.25) is 5.91 Å². The molecule has 2 heterocycles. The molecule has 0 bridgehead atoms. The number of carbonyl (C=O) groups excluding carboxylic acids is 2. The minimum atomic E-state index is -0.723. The van der Waals surface area contributed by atoms with Crippen molar-refractivity contribution in [2.45, 2.75) is 19.9 Å². The van der Waals surface area contributed by atoms with Crippen LogP contribution in [-0.2, 0) is 4.79 Å². The van der Waals surface area contributed by atoms with Gasteiger partial charge in [-0.2, -0.15) is 0 Å². The van der Waals surface area contributed by atoms with E-state index in [-0.39, 0.29) is 17.4 Å². The normalized spacial score (nSPS) is 12.0. The average Bonchev–Trinajstić information content (AvgIpc) is 2.65. The van der Waals surface area contributed by atoms with E-state index in [0.29, 0.717) is 11.5 Å². The molecule has 2 aromatic heterocycles. The molecular weight excluding hydrogens is 358 g/mol. The third-order valence-corrected chi connectivity index (χ3v) is 4.15. The Kier molecular flexibility index (Phi) is 5.35. The monoisotopic (exact) mass is 379 g/mol. The van der Waals surface area contributed by atoms with E-state index in [2.05, 4.69) is 25.6 Å². The summed E-state index contributed by atoms with van der Waals surface area (Å²) in [7, 11) is 0. The number of hydrogen-bond acceptors (Lipinski definition) is 7. The number of nitrogens with two attached hydrogens (primary N) is 2. The molecular formula is C19H21N7O2. The van der Waals surface area contributed by atoms with Crippen molar-refractivity contribution in [2.24, 2.45) is 17.4 Å². The fourth-order valence-electron chi connectivity index (χ4n) is 2.74. The standard InChI is InChI=1S/C19H21N7O2/c1-10(2)15(17(20)27)25-14-9-23-16(18(21)28)19(26-14)24-12-5-6-13-11(8-12)4-3-7-22-13/h3-10,15H,1-2H3,(H2,20,27)(H2,21,28)(H2,24,25,26)/t15-/m1/s1. The first-order chi connectivity index (χ1) is 13.3. The number of aromatic nitrogens is 3. The molecule has 144 valence electrons. The van der Waals surface area contributed by atoms with Crippen LogP contribution in [0.25, 0.3) is 10.9 Å². The van der Waals surface area contributed by atoms with Crippen molar-refractivity contribution in [3.63, 3.8) is 0 Å². The fourth-order valence-corrected chi connectivity index (χ4v) is 2.74. The van der Waals surface area contributed by atoms with Crippen LogP contribution in [0, 0.1) is 5.92 Å². The molecule has 1 atom stereocenters. The summed E-state index contributed by atoms with van der Waals surface area (Å²) >= 11 is 0. The Hall–Kier alpha value is -3.75. The van der Waals surface area contributed by atoms with Crippen LogP contribution in [0.3, 0.4) is 0 Å². The van der Waals surface area contributed by atoms with E-state index in [9.17, 15) is 9.59 Å². The minimum Gasteiger partial charge on any atom is -0.368 e. The first kappa shape index (κ1) is 19.0. The number of rotatable bonds is 7. The second-order valence-corrected chi connectivity index (χ2v) is 6.62. The highest BCUT2D eigenvalue weighted by Crippen LogP contribution is 2.23. The maximum atomic E-state index is 11.7. The van der Waals surface area contributed by atoms with Gasteiger partial charge in [0.15, 0.2) is 11.5 Å². The van der Waals surface area contributed by atoms with E-state index in [1.165, 1.54) is 6.20 Å². The highest BCUT2D eigenvalue weighted by atomic mass is 16.1. The van der Waals surface area contributed by atoms with Crippen molar-refractivity contribution < 1.29 is 9.59 Å². The van der Waals surface area contributed by atoms with Gasteiger partial charge in [-0.05, 0) is 30.2 Å². The van der Waals surface area contributed by atoms with E-state index in [0.717, 1.165) is 10.9 Å². The van der Waals surface area contributed by atoms with Crippen molar-refractivity contribution in [1.82, 2.24) is 15.0 Å². The zero-order valence-electron chi connectivity index (χ0n) is 15.5. The van der Waals surface area contributed by atoms with Gasteiger partial charge in [-0.15, -0.1) is 0 Å². The van der Waals surface area contributed by atoms with Gasteiger partial charge in [-0.25, -0.2) is 9.97 Å². The molecule has 0 aliphatic carbocycles. The van der Waals surface area contributed by atoms with Crippen LogP contribution in [-0.4, -0.2) is 32.8 Å². The number of anilines is 3. The molecule has 6 N–H and O–H groups in total. The van der Waals surface area contributed by atoms with Crippen molar-refractivity contribution in [3.8, 4) is 0 Å². The molecule has 0 saturated heterocycles. The molecule has 28 heavy (non-hydrogen) atoms. The average molecular weight is 379 g/mol. The Bertz CT molecular complexity index is 1040. The number of nitrogens with zero attached hydrogens (tertiary/aromatic N) is 3. The second kappa shape index (κ2) is 7.87. The smallest absolute Gasteiger partial charge is 0.271 e. The minimum absolute atomic E-state index is 0.0167. The molecule has 0 saturated carbocycles. The Balaban J connectivity index is 1.95. The van der Waals surface area contributed by atoms with Gasteiger partial charge < -0.3 is 22.1 Å². The van der Waals surface area contributed by atoms with E-state index in [1.807, 2.05) is 44.2 Å². The summed E-state index contributed by atoms with van der Waals surface area (Å²) in [5.74, 6) is -0.814. The van der Waals surface area contributed by atoms with Gasteiger partial charge >= 0.3 is 0 Å². The van der Waals surface area contributed by atoms with Crippen LogP contribution < -0.4 is 22.1 Å². The maximum Gasteiger partial charge on any atom is 0.271 e. The lowest BCUT2D eigenvalue weighted by atomic mass is 10.0. The van der Waals surface area contributed by atoms with Gasteiger partial charge in [0.1, 0.15) is 11.9 Å². The van der Waals surface area contributed by atoms with E-state index in [4.69, 9.17) is 11.5 Å². The summed E-state index contributed by atoms with van der Waals surface area (Å²) in [4.78, 5) is 36.1. The Labute approximate surface area is 161 Å². The van der Waals surface area contributed by atoms with E-state index >= 15 is 0 Å². The molecule has 3 aromatic rings. The van der Waals surface area contributed by atoms with Crippen molar-refractivity contribution >= 4 is 40.0 Å². The summed E-state index contributed by atoms with van der Waals surface area (Å²) in [5, 5.41) is 6.93. The predicted molar refractivity (Wildman–Crippen MR) is 107 cm³/mol. The van der Waals surface area contributed by atoms with Crippen LogP contribution in [0.4, 0.5) is 17.3 Å². The van der Waals surface area contributed by atoms with E-state index in [1.54, 1.807) is 6.20 Å². The Morgan fingerprint density at radius 3 is 2.57 bits per heavy atom. The Morgan fingerprint density at radius 1 is 1.11 bits per heavy atom. The number of benzene rings is 1. The first-order valence-electron chi connectivity index (χ1n) is 8.69. The number of hydrogen-bond donors (Lipinski definition) is 4. The second-order valence-electron chi connectivity index (χ2n) is 6.62. The van der Waals surface area contributed by atoms with Crippen molar-refractivity contribution in [3.05, 3.63) is 48.4 Å². The fraction of sp³-hybridized carbons (Fsp3) is 0.211. The van der Waals surface area contributed by atoms with Gasteiger partial charge in [-0.3, -0.25) is 14.6 Å². The largest absolute Gasteiger partial charge is 0.368 e. The third kappa shape index (κ3) is 4.14.